The van der Waals surface area contributed by atoms with Crippen LogP contribution >= 0.6 is 0 Å². The van der Waals surface area contributed by atoms with Gasteiger partial charge in [0.1, 0.15) is 6.04 Å². The number of esters is 1. The SMILES string of the molecule is COC(=O)[C@H](NC(=O)Nc1ccc2c(c1)OCO2)C(C)C. The molecule has 0 bridgehead atoms. The topological polar surface area (TPSA) is 85.9 Å². The summed E-state index contributed by atoms with van der Waals surface area (Å²) in [5.74, 6) is 0.641. The zero-order valence-electron chi connectivity index (χ0n) is 12.1. The average Bonchev–Trinajstić information content (AvgIpc) is 2.91. The Hall–Kier alpha value is -2.44. The van der Waals surface area contributed by atoms with Crippen LogP contribution in [0.3, 0.4) is 0 Å². The van der Waals surface area contributed by atoms with E-state index in [0.717, 1.165) is 0 Å². The highest BCUT2D eigenvalue weighted by atomic mass is 16.7. The number of carbonyl (C=O) groups excluding carboxylic acids is 2. The minimum atomic E-state index is -0.705. The molecule has 114 valence electrons. The first-order valence-corrected chi connectivity index (χ1v) is 6.56. The third-order valence-corrected chi connectivity index (χ3v) is 3.04. The number of hydrogen-bond donors (Lipinski definition) is 2. The molecule has 2 rings (SSSR count). The number of anilines is 1. The predicted octanol–water partition coefficient (Wildman–Crippen LogP) is 1.73. The molecule has 7 nitrogen and oxygen atoms in total. The van der Waals surface area contributed by atoms with Gasteiger partial charge in [-0.15, -0.1) is 0 Å². The van der Waals surface area contributed by atoms with E-state index in [1.165, 1.54) is 7.11 Å². The first-order chi connectivity index (χ1) is 10.0. The second kappa shape index (κ2) is 6.34. The Labute approximate surface area is 122 Å². The molecule has 0 radical (unpaired) electrons. The summed E-state index contributed by atoms with van der Waals surface area (Å²) in [6, 6.07) is 3.86. The van der Waals surface area contributed by atoms with E-state index in [1.807, 2.05) is 13.8 Å². The molecule has 2 amide bonds. The lowest BCUT2D eigenvalue weighted by molar-refractivity contribution is -0.143. The van der Waals surface area contributed by atoms with Gasteiger partial charge < -0.3 is 24.8 Å². The molecule has 2 N–H and O–H groups in total. The number of amides is 2. The summed E-state index contributed by atoms with van der Waals surface area (Å²) < 4.78 is 15.1. The summed E-state index contributed by atoms with van der Waals surface area (Å²) >= 11 is 0. The van der Waals surface area contributed by atoms with Crippen molar-refractivity contribution in [2.24, 2.45) is 5.92 Å². The van der Waals surface area contributed by atoms with Crippen LogP contribution in [0.5, 0.6) is 11.5 Å². The molecule has 7 heteroatoms. The molecule has 0 fully saturated rings. The van der Waals surface area contributed by atoms with Crippen molar-refractivity contribution in [1.82, 2.24) is 5.32 Å². The Morgan fingerprint density at radius 2 is 1.95 bits per heavy atom. The van der Waals surface area contributed by atoms with Gasteiger partial charge in [-0.25, -0.2) is 9.59 Å². The lowest BCUT2D eigenvalue weighted by atomic mass is 10.1. The van der Waals surface area contributed by atoms with Gasteiger partial charge in [-0.1, -0.05) is 13.8 Å². The van der Waals surface area contributed by atoms with E-state index in [9.17, 15) is 9.59 Å². The van der Waals surface area contributed by atoms with E-state index in [2.05, 4.69) is 15.4 Å². The van der Waals surface area contributed by atoms with Crippen molar-refractivity contribution in [2.75, 3.05) is 19.2 Å². The zero-order chi connectivity index (χ0) is 15.4. The maximum Gasteiger partial charge on any atom is 0.328 e. The second-order valence-electron chi connectivity index (χ2n) is 4.91. The molecular weight excluding hydrogens is 276 g/mol. The van der Waals surface area contributed by atoms with Crippen LogP contribution in [0.25, 0.3) is 0 Å². The van der Waals surface area contributed by atoms with Crippen molar-refractivity contribution in [3.05, 3.63) is 18.2 Å². The fourth-order valence-corrected chi connectivity index (χ4v) is 1.91. The highest BCUT2D eigenvalue weighted by Gasteiger charge is 2.25. The van der Waals surface area contributed by atoms with Crippen LogP contribution in [-0.2, 0) is 9.53 Å². The third kappa shape index (κ3) is 3.56. The molecule has 1 aromatic carbocycles. The largest absolute Gasteiger partial charge is 0.467 e. The molecule has 0 saturated carbocycles. The van der Waals surface area contributed by atoms with Gasteiger partial charge in [-0.2, -0.15) is 0 Å². The van der Waals surface area contributed by atoms with Crippen LogP contribution in [0.4, 0.5) is 10.5 Å². The van der Waals surface area contributed by atoms with Gasteiger partial charge in [-0.05, 0) is 18.1 Å². The maximum absolute atomic E-state index is 11.9. The zero-order valence-corrected chi connectivity index (χ0v) is 12.1. The van der Waals surface area contributed by atoms with Crippen LogP contribution in [-0.4, -0.2) is 31.9 Å². The summed E-state index contributed by atoms with van der Waals surface area (Å²) in [4.78, 5) is 23.5. The lowest BCUT2D eigenvalue weighted by Crippen LogP contribution is -2.46. The summed E-state index contributed by atoms with van der Waals surface area (Å²) in [6.45, 7) is 3.81. The highest BCUT2D eigenvalue weighted by Crippen LogP contribution is 2.34. The molecule has 1 atom stereocenters. The fraction of sp³-hybridized carbons (Fsp3) is 0.429. The molecule has 1 aliphatic rings. The molecule has 0 spiro atoms. The van der Waals surface area contributed by atoms with Crippen molar-refractivity contribution in [3.8, 4) is 11.5 Å². The Balaban J connectivity index is 1.99. The Morgan fingerprint density at radius 3 is 2.62 bits per heavy atom. The second-order valence-corrected chi connectivity index (χ2v) is 4.91. The summed E-state index contributed by atoms with van der Waals surface area (Å²) in [6.07, 6.45) is 0. The van der Waals surface area contributed by atoms with E-state index in [4.69, 9.17) is 9.47 Å². The molecule has 1 heterocycles. The van der Waals surface area contributed by atoms with Crippen LogP contribution in [0.2, 0.25) is 0 Å². The number of rotatable bonds is 4. The van der Waals surface area contributed by atoms with Gasteiger partial charge in [0.15, 0.2) is 11.5 Å². The first-order valence-electron chi connectivity index (χ1n) is 6.56. The number of urea groups is 1. The predicted molar refractivity (Wildman–Crippen MR) is 75.4 cm³/mol. The van der Waals surface area contributed by atoms with Crippen LogP contribution < -0.4 is 20.1 Å². The van der Waals surface area contributed by atoms with Crippen molar-refractivity contribution in [3.63, 3.8) is 0 Å². The van der Waals surface area contributed by atoms with Crippen molar-refractivity contribution in [1.29, 1.82) is 0 Å². The van der Waals surface area contributed by atoms with Crippen molar-refractivity contribution >= 4 is 17.7 Å². The number of hydrogen-bond acceptors (Lipinski definition) is 5. The normalized spacial score (nSPS) is 13.7. The Bertz CT molecular complexity index is 544. The number of ether oxygens (including phenoxy) is 3. The molecule has 1 aromatic rings. The monoisotopic (exact) mass is 294 g/mol. The Morgan fingerprint density at radius 1 is 1.24 bits per heavy atom. The van der Waals surface area contributed by atoms with Crippen molar-refractivity contribution < 1.29 is 23.8 Å². The molecule has 0 aromatic heterocycles. The number of fused-ring (bicyclic) bond motifs is 1. The summed E-state index contributed by atoms with van der Waals surface area (Å²) in [7, 11) is 1.29. The fourth-order valence-electron chi connectivity index (χ4n) is 1.91. The van der Waals surface area contributed by atoms with E-state index < -0.39 is 18.0 Å². The molecule has 1 aliphatic heterocycles. The number of benzene rings is 1. The minimum Gasteiger partial charge on any atom is -0.467 e. The third-order valence-electron chi connectivity index (χ3n) is 3.04. The van der Waals surface area contributed by atoms with E-state index in [-0.39, 0.29) is 12.7 Å². The number of methoxy groups -OCH3 is 1. The minimum absolute atomic E-state index is 0.0834. The molecule has 0 saturated heterocycles. The summed E-state index contributed by atoms with van der Waals surface area (Å²) in [5.41, 5.74) is 0.545. The van der Waals surface area contributed by atoms with E-state index in [0.29, 0.717) is 17.2 Å². The van der Waals surface area contributed by atoms with Crippen LogP contribution in [0.15, 0.2) is 18.2 Å². The van der Waals surface area contributed by atoms with Gasteiger partial charge in [0.2, 0.25) is 6.79 Å². The van der Waals surface area contributed by atoms with Gasteiger partial charge in [0, 0.05) is 11.8 Å². The lowest BCUT2D eigenvalue weighted by Gasteiger charge is -2.20. The molecular formula is C14H18N2O5. The smallest absolute Gasteiger partial charge is 0.328 e. The Kier molecular flexibility index (Phi) is 4.52. The molecule has 0 aliphatic carbocycles. The first kappa shape index (κ1) is 15.0. The van der Waals surface area contributed by atoms with E-state index >= 15 is 0 Å². The molecule has 0 unspecified atom stereocenters. The average molecular weight is 294 g/mol. The number of carbonyl (C=O) groups is 2. The van der Waals surface area contributed by atoms with E-state index in [1.54, 1.807) is 18.2 Å². The van der Waals surface area contributed by atoms with Gasteiger partial charge in [0.25, 0.3) is 0 Å². The summed E-state index contributed by atoms with van der Waals surface area (Å²) in [5, 5.41) is 5.23. The van der Waals surface area contributed by atoms with Crippen LogP contribution in [0.1, 0.15) is 13.8 Å². The molecule has 21 heavy (non-hydrogen) atoms. The van der Waals surface area contributed by atoms with Gasteiger partial charge in [0.05, 0.1) is 7.11 Å². The van der Waals surface area contributed by atoms with Crippen LogP contribution in [0, 0.1) is 5.92 Å². The van der Waals surface area contributed by atoms with Gasteiger partial charge >= 0.3 is 12.0 Å². The maximum atomic E-state index is 11.9. The van der Waals surface area contributed by atoms with Gasteiger partial charge in [-0.3, -0.25) is 0 Å². The number of nitrogens with one attached hydrogen (secondary N) is 2. The van der Waals surface area contributed by atoms with Crippen molar-refractivity contribution in [2.45, 2.75) is 19.9 Å². The standard InChI is InChI=1S/C14H18N2O5/c1-8(2)12(13(17)19-3)16-14(18)15-9-4-5-10-11(6-9)21-7-20-10/h4-6,8,12H,7H2,1-3H3,(H2,15,16,18)/t12-/m1/s1. The quantitative estimate of drug-likeness (QED) is 0.826. The highest BCUT2D eigenvalue weighted by molar-refractivity contribution is 5.92.